The van der Waals surface area contributed by atoms with E-state index < -0.39 is 6.04 Å². The summed E-state index contributed by atoms with van der Waals surface area (Å²) < 4.78 is 1.90. The summed E-state index contributed by atoms with van der Waals surface area (Å²) in [6.45, 7) is 12.5. The van der Waals surface area contributed by atoms with Crippen molar-refractivity contribution >= 4 is 46.7 Å². The minimum atomic E-state index is -0.472. The third-order valence-corrected chi connectivity index (χ3v) is 8.29. The Morgan fingerprint density at radius 2 is 1.60 bits per heavy atom. The Bertz CT molecular complexity index is 1470. The van der Waals surface area contributed by atoms with Crippen LogP contribution in [0.25, 0.3) is 5.69 Å². The quantitative estimate of drug-likeness (QED) is 0.189. The number of anilines is 1. The van der Waals surface area contributed by atoms with Crippen LogP contribution in [0.15, 0.2) is 65.8 Å². The van der Waals surface area contributed by atoms with E-state index >= 15 is 0 Å². The number of benzene rings is 3. The normalized spacial score (nSPS) is 12.2. The SMILES string of the molecule is Cc1ccccc1CSc1nnc(C(C)NC(=O)Nc2c(C(C)C)cccc2C(C)C)n1-c1ccc(Cl)cc1Cl. The molecule has 6 nitrogen and oxygen atoms in total. The van der Waals surface area contributed by atoms with Crippen LogP contribution in [0.3, 0.4) is 0 Å². The molecule has 1 atom stereocenters. The average molecular weight is 597 g/mol. The molecule has 0 bridgehead atoms. The van der Waals surface area contributed by atoms with Crippen molar-refractivity contribution in [2.24, 2.45) is 0 Å². The Labute approximate surface area is 250 Å². The zero-order valence-corrected chi connectivity index (χ0v) is 26.0. The number of para-hydroxylation sites is 1. The van der Waals surface area contributed by atoms with Crippen LogP contribution < -0.4 is 10.6 Å². The van der Waals surface area contributed by atoms with E-state index in [2.05, 4.69) is 79.7 Å². The first-order valence-corrected chi connectivity index (χ1v) is 15.1. The molecule has 1 aromatic heterocycles. The topological polar surface area (TPSA) is 71.8 Å². The molecule has 1 heterocycles. The number of urea groups is 1. The molecule has 9 heteroatoms. The highest BCUT2D eigenvalue weighted by molar-refractivity contribution is 7.98. The van der Waals surface area contributed by atoms with Gasteiger partial charge in [-0.2, -0.15) is 0 Å². The monoisotopic (exact) mass is 595 g/mol. The lowest BCUT2D eigenvalue weighted by molar-refractivity contribution is 0.248. The maximum atomic E-state index is 13.3. The van der Waals surface area contributed by atoms with Crippen LogP contribution in [0.2, 0.25) is 10.0 Å². The largest absolute Gasteiger partial charge is 0.328 e. The first-order chi connectivity index (χ1) is 19.1. The summed E-state index contributed by atoms with van der Waals surface area (Å²) in [6.07, 6.45) is 0. The first-order valence-electron chi connectivity index (χ1n) is 13.3. The van der Waals surface area contributed by atoms with Crippen molar-refractivity contribution in [1.29, 1.82) is 0 Å². The molecule has 40 heavy (non-hydrogen) atoms. The lowest BCUT2D eigenvalue weighted by Crippen LogP contribution is -2.33. The van der Waals surface area contributed by atoms with Gasteiger partial charge < -0.3 is 10.6 Å². The van der Waals surface area contributed by atoms with Gasteiger partial charge in [0.1, 0.15) is 0 Å². The second-order valence-electron chi connectivity index (χ2n) is 10.4. The third kappa shape index (κ3) is 6.82. The van der Waals surface area contributed by atoms with Gasteiger partial charge in [0.15, 0.2) is 11.0 Å². The van der Waals surface area contributed by atoms with Gasteiger partial charge in [0, 0.05) is 16.5 Å². The molecule has 0 spiro atoms. The first kappa shape index (κ1) is 30.0. The number of hydrogen-bond donors (Lipinski definition) is 2. The molecule has 0 saturated heterocycles. The van der Waals surface area contributed by atoms with Crippen molar-refractivity contribution in [3.05, 3.63) is 98.8 Å². The van der Waals surface area contributed by atoms with Crippen LogP contribution in [0.1, 0.15) is 80.6 Å². The number of aryl methyl sites for hydroxylation is 1. The number of halogens is 2. The summed E-state index contributed by atoms with van der Waals surface area (Å²) in [5, 5.41) is 16.9. The molecule has 2 N–H and O–H groups in total. The number of carbonyl (C=O) groups excluding carboxylic acids is 1. The van der Waals surface area contributed by atoms with Crippen LogP contribution in [0.4, 0.5) is 10.5 Å². The number of carbonyl (C=O) groups is 1. The predicted octanol–water partition coefficient (Wildman–Crippen LogP) is 9.30. The maximum Gasteiger partial charge on any atom is 0.319 e. The van der Waals surface area contributed by atoms with Crippen LogP contribution in [0.5, 0.6) is 0 Å². The van der Waals surface area contributed by atoms with Gasteiger partial charge >= 0.3 is 6.03 Å². The maximum absolute atomic E-state index is 13.3. The molecule has 2 amide bonds. The van der Waals surface area contributed by atoms with Crippen molar-refractivity contribution in [3.63, 3.8) is 0 Å². The second kappa shape index (κ2) is 13.1. The number of nitrogens with zero attached hydrogens (tertiary/aromatic N) is 3. The van der Waals surface area contributed by atoms with Gasteiger partial charge in [0.05, 0.1) is 16.8 Å². The lowest BCUT2D eigenvalue weighted by atomic mass is 9.93. The zero-order chi connectivity index (χ0) is 29.0. The summed E-state index contributed by atoms with van der Waals surface area (Å²) in [6, 6.07) is 19.0. The summed E-state index contributed by atoms with van der Waals surface area (Å²) >= 11 is 14.4. The second-order valence-corrected chi connectivity index (χ2v) is 12.2. The van der Waals surface area contributed by atoms with Gasteiger partial charge in [0.25, 0.3) is 0 Å². The Morgan fingerprint density at radius 3 is 2.23 bits per heavy atom. The Morgan fingerprint density at radius 1 is 0.925 bits per heavy atom. The number of rotatable bonds is 9. The highest BCUT2D eigenvalue weighted by atomic mass is 35.5. The van der Waals surface area contributed by atoms with Gasteiger partial charge in [-0.3, -0.25) is 4.57 Å². The van der Waals surface area contributed by atoms with Gasteiger partial charge in [0.2, 0.25) is 0 Å². The molecule has 4 aromatic rings. The van der Waals surface area contributed by atoms with Gasteiger partial charge in [-0.1, -0.05) is 105 Å². The fraction of sp³-hybridized carbons (Fsp3) is 0.323. The number of nitrogens with one attached hydrogen (secondary N) is 2. The molecule has 0 aliphatic rings. The Kier molecular flexibility index (Phi) is 9.82. The van der Waals surface area contributed by atoms with Crippen molar-refractivity contribution in [2.75, 3.05) is 5.32 Å². The summed E-state index contributed by atoms with van der Waals surface area (Å²) in [4.78, 5) is 13.3. The highest BCUT2D eigenvalue weighted by Gasteiger charge is 2.24. The van der Waals surface area contributed by atoms with E-state index in [1.54, 1.807) is 23.9 Å². The average Bonchev–Trinajstić information content (AvgIpc) is 3.31. The van der Waals surface area contributed by atoms with Crippen LogP contribution >= 0.6 is 35.0 Å². The highest BCUT2D eigenvalue weighted by Crippen LogP contribution is 2.34. The van der Waals surface area contributed by atoms with Crippen molar-refractivity contribution in [3.8, 4) is 5.69 Å². The van der Waals surface area contributed by atoms with Crippen molar-refractivity contribution in [2.45, 2.75) is 70.3 Å². The minimum Gasteiger partial charge on any atom is -0.328 e. The zero-order valence-electron chi connectivity index (χ0n) is 23.6. The Balaban J connectivity index is 1.64. The summed E-state index contributed by atoms with van der Waals surface area (Å²) in [7, 11) is 0. The van der Waals surface area contributed by atoms with E-state index in [0.29, 0.717) is 32.5 Å². The molecule has 0 aliphatic carbocycles. The van der Waals surface area contributed by atoms with E-state index in [9.17, 15) is 4.79 Å². The molecule has 0 radical (unpaired) electrons. The van der Waals surface area contributed by atoms with Crippen LogP contribution in [0, 0.1) is 6.92 Å². The fourth-order valence-electron chi connectivity index (χ4n) is 4.56. The van der Waals surface area contributed by atoms with Gasteiger partial charge in [-0.05, 0) is 66.1 Å². The van der Waals surface area contributed by atoms with Gasteiger partial charge in [-0.15, -0.1) is 10.2 Å². The lowest BCUT2D eigenvalue weighted by Gasteiger charge is -2.22. The van der Waals surface area contributed by atoms with E-state index in [1.165, 1.54) is 11.1 Å². The minimum absolute atomic E-state index is 0.259. The van der Waals surface area contributed by atoms with E-state index in [-0.39, 0.29) is 17.9 Å². The van der Waals surface area contributed by atoms with E-state index in [1.807, 2.05) is 35.8 Å². The number of thioether (sulfide) groups is 1. The van der Waals surface area contributed by atoms with Crippen LogP contribution in [-0.2, 0) is 5.75 Å². The predicted molar refractivity (Wildman–Crippen MR) is 167 cm³/mol. The summed E-state index contributed by atoms with van der Waals surface area (Å²) in [5.41, 5.74) is 6.16. The van der Waals surface area contributed by atoms with E-state index in [0.717, 1.165) is 16.8 Å². The molecule has 1 unspecified atom stereocenters. The molecule has 3 aromatic carbocycles. The third-order valence-electron chi connectivity index (χ3n) is 6.77. The molecular weight excluding hydrogens is 561 g/mol. The number of amides is 2. The standard InChI is InChI=1S/C31H35Cl2N5OS/c1-18(2)24-12-9-13-25(19(3)4)28(24)35-30(39)34-21(6)29-36-37-31(40-17-22-11-8-7-10-20(22)5)38(29)27-15-14-23(32)16-26(27)33/h7-16,18-19,21H,17H2,1-6H3,(H2,34,35,39). The molecule has 0 saturated carbocycles. The van der Waals surface area contributed by atoms with Crippen LogP contribution in [-0.4, -0.2) is 20.8 Å². The molecule has 0 fully saturated rings. The Hall–Kier alpha value is -3.00. The van der Waals surface area contributed by atoms with Crippen molar-refractivity contribution in [1.82, 2.24) is 20.1 Å². The number of aromatic nitrogens is 3. The molecular formula is C31H35Cl2N5OS. The summed E-state index contributed by atoms with van der Waals surface area (Å²) in [5.74, 6) is 1.79. The van der Waals surface area contributed by atoms with E-state index in [4.69, 9.17) is 23.2 Å². The smallest absolute Gasteiger partial charge is 0.319 e. The molecule has 4 rings (SSSR count). The van der Waals surface area contributed by atoms with Crippen molar-refractivity contribution < 1.29 is 4.79 Å². The van der Waals surface area contributed by atoms with Gasteiger partial charge in [-0.25, -0.2) is 4.79 Å². The number of hydrogen-bond acceptors (Lipinski definition) is 4. The molecule has 0 aliphatic heterocycles. The fourth-order valence-corrected chi connectivity index (χ4v) is 6.09. The molecule has 210 valence electrons.